The Bertz CT molecular complexity index is 1350. The van der Waals surface area contributed by atoms with Gasteiger partial charge >= 0.3 is 5.97 Å². The van der Waals surface area contributed by atoms with Gasteiger partial charge in [0.25, 0.3) is 5.91 Å². The fourth-order valence-electron chi connectivity index (χ4n) is 5.71. The number of likely N-dealkylation sites (tertiary alicyclic amines) is 1. The van der Waals surface area contributed by atoms with Crippen molar-refractivity contribution in [2.24, 2.45) is 0 Å². The normalized spacial score (nSPS) is 25.1. The molecule has 0 spiro atoms. The van der Waals surface area contributed by atoms with Crippen molar-refractivity contribution >= 4 is 17.6 Å². The summed E-state index contributed by atoms with van der Waals surface area (Å²) in [6.07, 6.45) is -1.96. The van der Waals surface area contributed by atoms with E-state index in [1.165, 1.54) is 13.8 Å². The van der Waals surface area contributed by atoms with Gasteiger partial charge in [0, 0.05) is 43.7 Å². The molecular weight excluding hydrogens is 536 g/mol. The number of carbonyl (C=O) groups is 2. The van der Waals surface area contributed by atoms with Crippen molar-refractivity contribution < 1.29 is 34.0 Å². The Labute approximate surface area is 246 Å². The van der Waals surface area contributed by atoms with Crippen LogP contribution in [0.3, 0.4) is 0 Å². The SMILES string of the molecule is CC(=O)OC(C)C(=O)Nc1cccc(C2OC(CN3CCC(O)C3)C(c3ccccc3)C(c3ccc(CO)cc3)O2)c1. The van der Waals surface area contributed by atoms with Crippen LogP contribution in [0.25, 0.3) is 0 Å². The molecule has 5 rings (SSSR count). The fraction of sp³-hybridized carbons (Fsp3) is 0.394. The summed E-state index contributed by atoms with van der Waals surface area (Å²) in [5.41, 5.74) is 4.10. The maximum atomic E-state index is 12.6. The molecule has 0 bridgehead atoms. The minimum absolute atomic E-state index is 0.0475. The van der Waals surface area contributed by atoms with Crippen LogP contribution in [-0.2, 0) is 30.4 Å². The third-order valence-electron chi connectivity index (χ3n) is 7.79. The highest BCUT2D eigenvalue weighted by molar-refractivity contribution is 5.95. The first-order chi connectivity index (χ1) is 20.3. The lowest BCUT2D eigenvalue weighted by molar-refractivity contribution is -0.263. The largest absolute Gasteiger partial charge is 0.453 e. The maximum absolute atomic E-state index is 12.6. The van der Waals surface area contributed by atoms with Gasteiger partial charge in [0.15, 0.2) is 12.4 Å². The number of nitrogens with zero attached hydrogens (tertiary/aromatic N) is 1. The van der Waals surface area contributed by atoms with Gasteiger partial charge in [-0.2, -0.15) is 0 Å². The monoisotopic (exact) mass is 574 g/mol. The summed E-state index contributed by atoms with van der Waals surface area (Å²) in [5.74, 6) is -1.12. The number of esters is 1. The number of nitrogens with one attached hydrogen (secondary N) is 1. The molecule has 2 fully saturated rings. The van der Waals surface area contributed by atoms with Crippen molar-refractivity contribution in [1.82, 2.24) is 4.90 Å². The molecule has 0 aliphatic carbocycles. The molecule has 2 saturated heterocycles. The van der Waals surface area contributed by atoms with Crippen molar-refractivity contribution in [3.05, 3.63) is 101 Å². The molecule has 0 aromatic heterocycles. The molecule has 222 valence electrons. The molecule has 9 heteroatoms. The zero-order chi connectivity index (χ0) is 29.6. The topological polar surface area (TPSA) is 118 Å². The lowest BCUT2D eigenvalue weighted by Crippen LogP contribution is -2.44. The Morgan fingerprint density at radius 2 is 1.74 bits per heavy atom. The highest BCUT2D eigenvalue weighted by Crippen LogP contribution is 2.47. The number of β-amino-alcohol motifs (C(OH)–C–C–N with tert-alkyl or cyclic N) is 1. The number of hydrogen-bond donors (Lipinski definition) is 3. The molecule has 3 aromatic rings. The van der Waals surface area contributed by atoms with E-state index in [1.807, 2.05) is 54.6 Å². The number of rotatable bonds is 9. The molecular formula is C33H38N2O7. The van der Waals surface area contributed by atoms with E-state index in [-0.39, 0.29) is 30.8 Å². The zero-order valence-corrected chi connectivity index (χ0v) is 23.9. The van der Waals surface area contributed by atoms with Gasteiger partial charge in [0.1, 0.15) is 0 Å². The van der Waals surface area contributed by atoms with Crippen molar-refractivity contribution in [3.8, 4) is 0 Å². The van der Waals surface area contributed by atoms with Crippen LogP contribution in [0.2, 0.25) is 0 Å². The summed E-state index contributed by atoms with van der Waals surface area (Å²) in [7, 11) is 0. The van der Waals surface area contributed by atoms with Gasteiger partial charge in [-0.1, -0.05) is 66.7 Å². The van der Waals surface area contributed by atoms with Crippen LogP contribution in [0.5, 0.6) is 0 Å². The number of benzene rings is 3. The smallest absolute Gasteiger partial charge is 0.303 e. The minimum atomic E-state index is -0.938. The molecule has 42 heavy (non-hydrogen) atoms. The zero-order valence-electron chi connectivity index (χ0n) is 23.9. The van der Waals surface area contributed by atoms with Crippen molar-refractivity contribution in [1.29, 1.82) is 0 Å². The Kier molecular flexibility index (Phi) is 9.66. The number of aliphatic hydroxyl groups is 2. The molecule has 9 nitrogen and oxygen atoms in total. The predicted molar refractivity (Wildman–Crippen MR) is 156 cm³/mol. The highest BCUT2D eigenvalue weighted by Gasteiger charge is 2.43. The van der Waals surface area contributed by atoms with E-state index < -0.39 is 24.3 Å². The second-order valence-corrected chi connectivity index (χ2v) is 11.0. The van der Waals surface area contributed by atoms with Gasteiger partial charge in [-0.3, -0.25) is 14.5 Å². The molecule has 1 amide bonds. The Hall–Kier alpha value is -3.60. The second kappa shape index (κ2) is 13.6. The van der Waals surface area contributed by atoms with Crippen LogP contribution in [0.4, 0.5) is 5.69 Å². The van der Waals surface area contributed by atoms with E-state index in [1.54, 1.807) is 12.1 Å². The summed E-state index contributed by atoms with van der Waals surface area (Å²) in [4.78, 5) is 26.1. The third kappa shape index (κ3) is 7.24. The van der Waals surface area contributed by atoms with Crippen LogP contribution >= 0.6 is 0 Å². The van der Waals surface area contributed by atoms with Gasteiger partial charge in [0.2, 0.25) is 0 Å². The van der Waals surface area contributed by atoms with Gasteiger partial charge in [-0.25, -0.2) is 0 Å². The van der Waals surface area contributed by atoms with E-state index in [4.69, 9.17) is 14.2 Å². The summed E-state index contributed by atoms with van der Waals surface area (Å²) >= 11 is 0. The minimum Gasteiger partial charge on any atom is -0.453 e. The lowest BCUT2D eigenvalue weighted by Gasteiger charge is -2.44. The first kappa shape index (κ1) is 29.9. The predicted octanol–water partition coefficient (Wildman–Crippen LogP) is 4.07. The average molecular weight is 575 g/mol. The van der Waals surface area contributed by atoms with E-state index in [9.17, 15) is 19.8 Å². The fourth-order valence-corrected chi connectivity index (χ4v) is 5.71. The molecule has 2 aliphatic rings. The van der Waals surface area contributed by atoms with Crippen LogP contribution in [0.1, 0.15) is 60.8 Å². The van der Waals surface area contributed by atoms with Crippen molar-refractivity contribution in [2.45, 2.75) is 63.5 Å². The highest BCUT2D eigenvalue weighted by atomic mass is 16.7. The molecule has 2 heterocycles. The Morgan fingerprint density at radius 3 is 2.40 bits per heavy atom. The van der Waals surface area contributed by atoms with Gasteiger partial charge in [-0.05, 0) is 42.2 Å². The summed E-state index contributed by atoms with van der Waals surface area (Å²) in [5, 5.41) is 22.6. The number of hydrogen-bond acceptors (Lipinski definition) is 8. The number of ether oxygens (including phenoxy) is 3. The first-order valence-electron chi connectivity index (χ1n) is 14.3. The number of carbonyl (C=O) groups excluding carboxylic acids is 2. The first-order valence-corrected chi connectivity index (χ1v) is 14.3. The number of aliphatic hydroxyl groups excluding tert-OH is 2. The molecule has 0 saturated carbocycles. The van der Waals surface area contributed by atoms with Crippen LogP contribution in [0.15, 0.2) is 78.9 Å². The Balaban J connectivity index is 1.48. The average Bonchev–Trinajstić information content (AvgIpc) is 3.41. The number of anilines is 1. The quantitative estimate of drug-likeness (QED) is 0.328. The molecule has 6 atom stereocenters. The Morgan fingerprint density at radius 1 is 1.00 bits per heavy atom. The van der Waals surface area contributed by atoms with Gasteiger partial charge in [0.05, 0.1) is 24.9 Å². The van der Waals surface area contributed by atoms with E-state index in [2.05, 4.69) is 22.3 Å². The molecule has 3 aromatic carbocycles. The van der Waals surface area contributed by atoms with E-state index in [0.717, 1.165) is 35.2 Å². The van der Waals surface area contributed by atoms with Crippen molar-refractivity contribution in [3.63, 3.8) is 0 Å². The molecule has 3 N–H and O–H groups in total. The molecule has 0 radical (unpaired) electrons. The summed E-state index contributed by atoms with van der Waals surface area (Å²) in [6.45, 7) is 4.71. The maximum Gasteiger partial charge on any atom is 0.303 e. The van der Waals surface area contributed by atoms with Gasteiger partial charge in [-0.15, -0.1) is 0 Å². The standard InChI is InChI=1S/C33H38N2O7/c1-21(40-22(2)37)32(39)34-27-10-6-9-26(17-27)33-41-29(19-35-16-15-28(38)18-35)30(24-7-4-3-5-8-24)31(42-33)25-13-11-23(20-36)12-14-25/h3-14,17,21,28-31,33,36,38H,15-16,18-20H2,1-2H3,(H,34,39). The van der Waals surface area contributed by atoms with Crippen LogP contribution < -0.4 is 5.32 Å². The van der Waals surface area contributed by atoms with E-state index in [0.29, 0.717) is 18.8 Å². The van der Waals surface area contributed by atoms with Crippen LogP contribution in [-0.4, -0.2) is 64.9 Å². The molecule has 6 unspecified atom stereocenters. The summed E-state index contributed by atoms with van der Waals surface area (Å²) < 4.78 is 18.5. The van der Waals surface area contributed by atoms with Crippen molar-refractivity contribution in [2.75, 3.05) is 25.0 Å². The lowest BCUT2D eigenvalue weighted by atomic mass is 9.83. The number of amides is 1. The third-order valence-corrected chi connectivity index (χ3v) is 7.79. The summed E-state index contributed by atoms with van der Waals surface area (Å²) in [6, 6.07) is 25.2. The second-order valence-electron chi connectivity index (χ2n) is 11.0. The van der Waals surface area contributed by atoms with E-state index >= 15 is 0 Å². The molecule has 2 aliphatic heterocycles. The van der Waals surface area contributed by atoms with Crippen LogP contribution in [0, 0.1) is 0 Å². The van der Waals surface area contributed by atoms with Gasteiger partial charge < -0.3 is 29.7 Å².